The Labute approximate surface area is 66.0 Å². The highest BCUT2D eigenvalue weighted by atomic mass is 16.7. The van der Waals surface area contributed by atoms with Gasteiger partial charge in [-0.3, -0.25) is 9.69 Å². The number of rotatable bonds is 1. The lowest BCUT2D eigenvalue weighted by Crippen LogP contribution is -2.24. The highest BCUT2D eigenvalue weighted by Crippen LogP contribution is 2.12. The minimum atomic E-state index is -0.304. The summed E-state index contributed by atoms with van der Waals surface area (Å²) in [6, 6.07) is 0. The smallest absolute Gasteiger partial charge is 0.329 e. The fourth-order valence-electron chi connectivity index (χ4n) is 1.01. The zero-order chi connectivity index (χ0) is 8.43. The van der Waals surface area contributed by atoms with Gasteiger partial charge in [0.05, 0.1) is 5.70 Å². The fraction of sp³-hybridized carbons (Fsp3) is 0.571. The van der Waals surface area contributed by atoms with Crippen LogP contribution < -0.4 is 0 Å². The molecule has 0 aromatic rings. The lowest BCUT2D eigenvalue weighted by molar-refractivity contribution is -0.177. The number of nitrogens with zero attached hydrogens (tertiary/aromatic N) is 2. The van der Waals surface area contributed by atoms with Crippen molar-refractivity contribution in [2.45, 2.75) is 6.92 Å². The molecule has 1 rings (SSSR count). The van der Waals surface area contributed by atoms with Crippen LogP contribution in [-0.2, 0) is 9.63 Å². The van der Waals surface area contributed by atoms with Gasteiger partial charge >= 0.3 is 5.97 Å². The Morgan fingerprint density at radius 2 is 2.36 bits per heavy atom. The molecular weight excluding hydrogens is 144 g/mol. The average molecular weight is 156 g/mol. The van der Waals surface area contributed by atoms with E-state index in [-0.39, 0.29) is 5.97 Å². The van der Waals surface area contributed by atoms with Gasteiger partial charge in [-0.15, -0.1) is 0 Å². The SMILES string of the molecule is C=C1CN(C)CN1OC(C)=O. The summed E-state index contributed by atoms with van der Waals surface area (Å²) >= 11 is 0. The van der Waals surface area contributed by atoms with E-state index in [0.717, 1.165) is 12.2 Å². The number of hydrogen-bond donors (Lipinski definition) is 0. The summed E-state index contributed by atoms with van der Waals surface area (Å²) in [5.41, 5.74) is 0.822. The van der Waals surface area contributed by atoms with Crippen LogP contribution in [0, 0.1) is 0 Å². The maximum atomic E-state index is 10.5. The molecule has 0 spiro atoms. The molecule has 1 saturated heterocycles. The summed E-state index contributed by atoms with van der Waals surface area (Å²) in [7, 11) is 1.94. The fourth-order valence-corrected chi connectivity index (χ4v) is 1.01. The van der Waals surface area contributed by atoms with E-state index in [1.54, 1.807) is 0 Å². The monoisotopic (exact) mass is 156 g/mol. The molecule has 0 atom stereocenters. The Morgan fingerprint density at radius 1 is 1.73 bits per heavy atom. The van der Waals surface area contributed by atoms with Gasteiger partial charge in [0.25, 0.3) is 0 Å². The Kier molecular flexibility index (Phi) is 2.14. The second-order valence-corrected chi connectivity index (χ2v) is 2.68. The Balaban J connectivity index is 2.47. The molecule has 1 aliphatic rings. The van der Waals surface area contributed by atoms with Gasteiger partial charge in [0.1, 0.15) is 6.67 Å². The average Bonchev–Trinajstić information content (AvgIpc) is 2.09. The normalized spacial score (nSPS) is 19.1. The summed E-state index contributed by atoms with van der Waals surface area (Å²) in [6.07, 6.45) is 0. The Morgan fingerprint density at radius 3 is 2.73 bits per heavy atom. The zero-order valence-electron chi connectivity index (χ0n) is 6.83. The van der Waals surface area contributed by atoms with Crippen LogP contribution >= 0.6 is 0 Å². The topological polar surface area (TPSA) is 32.8 Å². The molecule has 1 aliphatic heterocycles. The maximum Gasteiger partial charge on any atom is 0.329 e. The van der Waals surface area contributed by atoms with Crippen molar-refractivity contribution in [3.8, 4) is 0 Å². The van der Waals surface area contributed by atoms with E-state index in [2.05, 4.69) is 6.58 Å². The van der Waals surface area contributed by atoms with E-state index >= 15 is 0 Å². The molecule has 4 nitrogen and oxygen atoms in total. The molecule has 1 heterocycles. The molecule has 0 aromatic carbocycles. The van der Waals surface area contributed by atoms with Crippen LogP contribution in [0.15, 0.2) is 12.3 Å². The van der Waals surface area contributed by atoms with Gasteiger partial charge in [-0.25, -0.2) is 0 Å². The first-order valence-corrected chi connectivity index (χ1v) is 3.42. The van der Waals surface area contributed by atoms with Crippen LogP contribution in [0.25, 0.3) is 0 Å². The van der Waals surface area contributed by atoms with Gasteiger partial charge in [0, 0.05) is 13.5 Å². The molecule has 0 N–H and O–H groups in total. The highest BCUT2D eigenvalue weighted by molar-refractivity contribution is 5.65. The number of likely N-dealkylation sites (N-methyl/N-ethyl adjacent to an activating group) is 1. The molecule has 0 aliphatic carbocycles. The quantitative estimate of drug-likeness (QED) is 0.542. The van der Waals surface area contributed by atoms with E-state index < -0.39 is 0 Å². The Hall–Kier alpha value is -1.03. The van der Waals surface area contributed by atoms with E-state index in [0.29, 0.717) is 6.67 Å². The number of carbonyl (C=O) groups is 1. The molecule has 1 fully saturated rings. The van der Waals surface area contributed by atoms with Crippen molar-refractivity contribution in [2.75, 3.05) is 20.3 Å². The van der Waals surface area contributed by atoms with Crippen molar-refractivity contribution in [1.82, 2.24) is 9.96 Å². The molecule has 62 valence electrons. The number of hydroxylamine groups is 2. The third-order valence-electron chi connectivity index (χ3n) is 1.41. The van der Waals surface area contributed by atoms with E-state index in [9.17, 15) is 4.79 Å². The summed E-state index contributed by atoms with van der Waals surface area (Å²) in [5.74, 6) is -0.304. The first-order valence-electron chi connectivity index (χ1n) is 3.42. The Bertz CT molecular complexity index is 191. The van der Waals surface area contributed by atoms with Crippen LogP contribution in [0.3, 0.4) is 0 Å². The third-order valence-corrected chi connectivity index (χ3v) is 1.41. The van der Waals surface area contributed by atoms with Gasteiger partial charge in [-0.05, 0) is 7.05 Å². The zero-order valence-corrected chi connectivity index (χ0v) is 6.83. The molecular formula is C7H12N2O2. The molecule has 0 bridgehead atoms. The predicted octanol–water partition coefficient (Wildman–Crippen LogP) is 0.183. The second-order valence-electron chi connectivity index (χ2n) is 2.68. The van der Waals surface area contributed by atoms with Crippen LogP contribution in [-0.4, -0.2) is 36.2 Å². The van der Waals surface area contributed by atoms with Gasteiger partial charge < -0.3 is 4.84 Å². The van der Waals surface area contributed by atoms with E-state index in [1.165, 1.54) is 12.0 Å². The molecule has 0 radical (unpaired) electrons. The van der Waals surface area contributed by atoms with Crippen LogP contribution in [0.2, 0.25) is 0 Å². The molecule has 0 unspecified atom stereocenters. The maximum absolute atomic E-state index is 10.5. The van der Waals surface area contributed by atoms with Gasteiger partial charge in [0.2, 0.25) is 0 Å². The molecule has 11 heavy (non-hydrogen) atoms. The van der Waals surface area contributed by atoms with Crippen molar-refractivity contribution in [3.05, 3.63) is 12.3 Å². The summed E-state index contributed by atoms with van der Waals surface area (Å²) < 4.78 is 0. The largest absolute Gasteiger partial charge is 0.340 e. The molecule has 0 amide bonds. The first-order chi connectivity index (χ1) is 5.09. The van der Waals surface area contributed by atoms with Crippen molar-refractivity contribution < 1.29 is 9.63 Å². The minimum Gasteiger partial charge on any atom is -0.340 e. The van der Waals surface area contributed by atoms with Crippen molar-refractivity contribution in [1.29, 1.82) is 0 Å². The van der Waals surface area contributed by atoms with Crippen LogP contribution in [0.1, 0.15) is 6.92 Å². The molecule has 0 saturated carbocycles. The van der Waals surface area contributed by atoms with Gasteiger partial charge in [0.15, 0.2) is 0 Å². The van der Waals surface area contributed by atoms with Crippen molar-refractivity contribution in [2.24, 2.45) is 0 Å². The number of hydrogen-bond acceptors (Lipinski definition) is 4. The lowest BCUT2D eigenvalue weighted by atomic mass is 10.5. The summed E-state index contributed by atoms with van der Waals surface area (Å²) in [5, 5.41) is 1.50. The van der Waals surface area contributed by atoms with Gasteiger partial charge in [-0.1, -0.05) is 6.58 Å². The third kappa shape index (κ3) is 1.94. The number of carbonyl (C=O) groups excluding carboxylic acids is 1. The second kappa shape index (κ2) is 2.92. The lowest BCUT2D eigenvalue weighted by Gasteiger charge is -2.15. The summed E-state index contributed by atoms with van der Waals surface area (Å²) in [6.45, 7) is 6.49. The van der Waals surface area contributed by atoms with Crippen molar-refractivity contribution in [3.63, 3.8) is 0 Å². The van der Waals surface area contributed by atoms with E-state index in [1.807, 2.05) is 11.9 Å². The first kappa shape index (κ1) is 8.07. The van der Waals surface area contributed by atoms with Gasteiger partial charge in [-0.2, -0.15) is 5.06 Å². The standard InChI is InChI=1S/C7H12N2O2/c1-6-4-8(3)5-9(6)11-7(2)10/h1,4-5H2,2-3H3. The molecule has 4 heteroatoms. The van der Waals surface area contributed by atoms with Crippen LogP contribution in [0.5, 0.6) is 0 Å². The predicted molar refractivity (Wildman–Crippen MR) is 40.2 cm³/mol. The summed E-state index contributed by atoms with van der Waals surface area (Å²) in [4.78, 5) is 17.4. The highest BCUT2D eigenvalue weighted by Gasteiger charge is 2.21. The van der Waals surface area contributed by atoms with Crippen LogP contribution in [0.4, 0.5) is 0 Å². The van der Waals surface area contributed by atoms with E-state index in [4.69, 9.17) is 4.84 Å². The minimum absolute atomic E-state index is 0.304. The molecule has 0 aromatic heterocycles. The van der Waals surface area contributed by atoms with Crippen molar-refractivity contribution >= 4 is 5.97 Å².